The van der Waals surface area contributed by atoms with E-state index in [9.17, 15) is 8.42 Å². The molecular formula is C18H27N3O2S. The van der Waals surface area contributed by atoms with E-state index in [2.05, 4.69) is 10.2 Å². The summed E-state index contributed by atoms with van der Waals surface area (Å²) in [5, 5.41) is 3.08. The maximum absolute atomic E-state index is 12.2. The molecule has 1 unspecified atom stereocenters. The molecule has 6 heteroatoms. The Balaban J connectivity index is 1.75. The van der Waals surface area contributed by atoms with Crippen LogP contribution in [0.2, 0.25) is 0 Å². The first-order chi connectivity index (χ1) is 11.6. The van der Waals surface area contributed by atoms with Gasteiger partial charge < -0.3 is 10.2 Å². The molecule has 1 atom stereocenters. The maximum atomic E-state index is 12.2. The number of para-hydroxylation sites is 1. The molecule has 2 fully saturated rings. The SMILES string of the molecule is O=S1(=O)CCCCC1CN=C(Nc1ccccc1)N1CCCCC1. The molecule has 1 N–H and O–H groups in total. The third kappa shape index (κ3) is 4.50. The highest BCUT2D eigenvalue weighted by Gasteiger charge is 2.29. The average molecular weight is 350 g/mol. The number of sulfone groups is 1. The van der Waals surface area contributed by atoms with E-state index < -0.39 is 9.84 Å². The molecule has 0 saturated carbocycles. The zero-order valence-corrected chi connectivity index (χ0v) is 15.0. The minimum atomic E-state index is -2.98. The van der Waals surface area contributed by atoms with Crippen LogP contribution in [0, 0.1) is 0 Å². The maximum Gasteiger partial charge on any atom is 0.198 e. The molecule has 0 aliphatic carbocycles. The lowest BCUT2D eigenvalue weighted by Gasteiger charge is -2.31. The van der Waals surface area contributed by atoms with Gasteiger partial charge in [0.15, 0.2) is 15.8 Å². The van der Waals surface area contributed by atoms with E-state index in [0.29, 0.717) is 12.3 Å². The Morgan fingerprint density at radius 3 is 2.54 bits per heavy atom. The number of benzene rings is 1. The number of aliphatic imine (C=N–C) groups is 1. The normalized spacial score (nSPS) is 24.6. The van der Waals surface area contributed by atoms with Gasteiger partial charge >= 0.3 is 0 Å². The van der Waals surface area contributed by atoms with Crippen LogP contribution in [0.4, 0.5) is 5.69 Å². The summed E-state index contributed by atoms with van der Waals surface area (Å²) < 4.78 is 24.5. The first kappa shape index (κ1) is 17.3. The van der Waals surface area contributed by atoms with E-state index in [1.165, 1.54) is 6.42 Å². The van der Waals surface area contributed by atoms with Crippen molar-refractivity contribution in [3.63, 3.8) is 0 Å². The summed E-state index contributed by atoms with van der Waals surface area (Å²) in [6, 6.07) is 9.98. The summed E-state index contributed by atoms with van der Waals surface area (Å²) in [6.45, 7) is 2.33. The third-order valence-electron chi connectivity index (χ3n) is 4.84. The topological polar surface area (TPSA) is 61.8 Å². The van der Waals surface area contributed by atoms with Crippen molar-refractivity contribution >= 4 is 21.5 Å². The Morgan fingerprint density at radius 1 is 1.08 bits per heavy atom. The highest BCUT2D eigenvalue weighted by molar-refractivity contribution is 7.92. The lowest BCUT2D eigenvalue weighted by Crippen LogP contribution is -2.41. The molecular weight excluding hydrogens is 322 g/mol. The van der Waals surface area contributed by atoms with E-state index in [4.69, 9.17) is 4.99 Å². The van der Waals surface area contributed by atoms with Crippen molar-refractivity contribution in [3.8, 4) is 0 Å². The van der Waals surface area contributed by atoms with E-state index in [1.54, 1.807) is 0 Å². The smallest absolute Gasteiger partial charge is 0.198 e. The number of anilines is 1. The van der Waals surface area contributed by atoms with Crippen molar-refractivity contribution in [1.82, 2.24) is 4.90 Å². The number of guanidine groups is 1. The summed E-state index contributed by atoms with van der Waals surface area (Å²) in [7, 11) is -2.98. The largest absolute Gasteiger partial charge is 0.343 e. The molecule has 3 rings (SSSR count). The first-order valence-corrected chi connectivity index (χ1v) is 10.7. The van der Waals surface area contributed by atoms with Crippen molar-refractivity contribution in [1.29, 1.82) is 0 Å². The van der Waals surface area contributed by atoms with Crippen LogP contribution in [0.25, 0.3) is 0 Å². The van der Waals surface area contributed by atoms with E-state index in [-0.39, 0.29) is 5.25 Å². The van der Waals surface area contributed by atoms with Crippen LogP contribution in [0.15, 0.2) is 35.3 Å². The average Bonchev–Trinajstić information content (AvgIpc) is 2.61. The van der Waals surface area contributed by atoms with Gasteiger partial charge in [-0.15, -0.1) is 0 Å². The van der Waals surface area contributed by atoms with Gasteiger partial charge in [-0.25, -0.2) is 8.42 Å². The molecule has 0 spiro atoms. The van der Waals surface area contributed by atoms with Gasteiger partial charge in [-0.1, -0.05) is 24.6 Å². The van der Waals surface area contributed by atoms with Gasteiger partial charge in [-0.2, -0.15) is 0 Å². The van der Waals surface area contributed by atoms with E-state index >= 15 is 0 Å². The number of likely N-dealkylation sites (tertiary alicyclic amines) is 1. The number of piperidine rings is 1. The van der Waals surface area contributed by atoms with Crippen LogP contribution < -0.4 is 5.32 Å². The van der Waals surface area contributed by atoms with Gasteiger partial charge in [0.05, 0.1) is 17.5 Å². The second kappa shape index (κ2) is 8.01. The van der Waals surface area contributed by atoms with Crippen LogP contribution >= 0.6 is 0 Å². The second-order valence-corrected chi connectivity index (χ2v) is 9.09. The molecule has 2 aliphatic heterocycles. The minimum absolute atomic E-state index is 0.316. The molecule has 2 saturated heterocycles. The highest BCUT2D eigenvalue weighted by Crippen LogP contribution is 2.20. The number of nitrogens with zero attached hydrogens (tertiary/aromatic N) is 2. The molecule has 5 nitrogen and oxygen atoms in total. The third-order valence-corrected chi connectivity index (χ3v) is 7.10. The van der Waals surface area contributed by atoms with Gasteiger partial charge in [-0.3, -0.25) is 4.99 Å². The molecule has 2 heterocycles. The Morgan fingerprint density at radius 2 is 1.83 bits per heavy atom. The van der Waals surface area contributed by atoms with Crippen LogP contribution in [0.5, 0.6) is 0 Å². The fourth-order valence-electron chi connectivity index (χ4n) is 3.39. The molecule has 0 bridgehead atoms. The Bertz CT molecular complexity index is 652. The Kier molecular flexibility index (Phi) is 5.76. The van der Waals surface area contributed by atoms with Crippen molar-refractivity contribution in [3.05, 3.63) is 30.3 Å². The molecule has 1 aromatic carbocycles. The van der Waals surface area contributed by atoms with Crippen molar-refractivity contribution in [2.24, 2.45) is 4.99 Å². The van der Waals surface area contributed by atoms with Gasteiger partial charge in [0.1, 0.15) is 0 Å². The number of hydrogen-bond acceptors (Lipinski definition) is 3. The quantitative estimate of drug-likeness (QED) is 0.673. The van der Waals surface area contributed by atoms with Gasteiger partial charge in [0.25, 0.3) is 0 Å². The molecule has 24 heavy (non-hydrogen) atoms. The molecule has 0 amide bonds. The number of nitrogens with one attached hydrogen (secondary N) is 1. The van der Waals surface area contributed by atoms with Crippen molar-refractivity contribution in [2.45, 2.75) is 43.8 Å². The fraction of sp³-hybridized carbons (Fsp3) is 0.611. The summed E-state index contributed by atoms with van der Waals surface area (Å²) in [5.41, 5.74) is 0.994. The fourth-order valence-corrected chi connectivity index (χ4v) is 5.16. The van der Waals surface area contributed by atoms with Gasteiger partial charge in [-0.05, 0) is 44.2 Å². The zero-order valence-electron chi connectivity index (χ0n) is 14.2. The van der Waals surface area contributed by atoms with Crippen LogP contribution in [0.1, 0.15) is 38.5 Å². The summed E-state index contributed by atoms with van der Waals surface area (Å²) in [4.78, 5) is 6.97. The van der Waals surface area contributed by atoms with Crippen LogP contribution in [-0.4, -0.2) is 49.9 Å². The molecule has 0 aromatic heterocycles. The van der Waals surface area contributed by atoms with Gasteiger partial charge in [0, 0.05) is 18.8 Å². The second-order valence-electron chi connectivity index (χ2n) is 6.69. The van der Waals surface area contributed by atoms with Crippen molar-refractivity contribution in [2.75, 3.05) is 30.7 Å². The Labute approximate surface area is 145 Å². The number of rotatable bonds is 3. The van der Waals surface area contributed by atoms with E-state index in [1.807, 2.05) is 30.3 Å². The molecule has 2 aliphatic rings. The minimum Gasteiger partial charge on any atom is -0.343 e. The summed E-state index contributed by atoms with van der Waals surface area (Å²) >= 11 is 0. The molecule has 132 valence electrons. The van der Waals surface area contributed by atoms with Crippen molar-refractivity contribution < 1.29 is 8.42 Å². The monoisotopic (exact) mass is 349 g/mol. The van der Waals surface area contributed by atoms with Crippen LogP contribution in [0.3, 0.4) is 0 Å². The predicted molar refractivity (Wildman–Crippen MR) is 99.2 cm³/mol. The predicted octanol–water partition coefficient (Wildman–Crippen LogP) is 2.91. The molecule has 1 aromatic rings. The summed E-state index contributed by atoms with van der Waals surface area (Å²) in [6.07, 6.45) is 6.11. The zero-order chi connectivity index (χ0) is 16.8. The van der Waals surface area contributed by atoms with E-state index in [0.717, 1.165) is 56.8 Å². The number of hydrogen-bond donors (Lipinski definition) is 1. The lowest BCUT2D eigenvalue weighted by atomic mass is 10.1. The highest BCUT2D eigenvalue weighted by atomic mass is 32.2. The van der Waals surface area contributed by atoms with Gasteiger partial charge in [0.2, 0.25) is 0 Å². The standard InChI is InChI=1S/C18H27N3O2S/c22-24(23)14-8-5-11-17(24)15-19-18(21-12-6-2-7-13-21)20-16-9-3-1-4-10-16/h1,3-4,9-10,17H,2,5-8,11-15H2,(H,19,20). The van der Waals surface area contributed by atoms with Crippen LogP contribution in [-0.2, 0) is 9.84 Å². The Hall–Kier alpha value is -1.56. The first-order valence-electron chi connectivity index (χ1n) is 8.98. The lowest BCUT2D eigenvalue weighted by molar-refractivity contribution is 0.340. The molecule has 0 radical (unpaired) electrons. The summed E-state index contributed by atoms with van der Waals surface area (Å²) in [5.74, 6) is 1.14.